The Kier molecular flexibility index (Phi) is 4.85. The van der Waals surface area contributed by atoms with Crippen LogP contribution in [-0.4, -0.2) is 12.6 Å². The second kappa shape index (κ2) is 6.21. The Balaban J connectivity index is 2.08. The van der Waals surface area contributed by atoms with E-state index in [1.807, 2.05) is 0 Å². The molecule has 1 fully saturated rings. The van der Waals surface area contributed by atoms with Crippen molar-refractivity contribution in [2.75, 3.05) is 6.54 Å². The van der Waals surface area contributed by atoms with Gasteiger partial charge in [0.2, 0.25) is 0 Å². The Morgan fingerprint density at radius 1 is 1.22 bits per heavy atom. The minimum Gasteiger partial charge on any atom is -0.313 e. The summed E-state index contributed by atoms with van der Waals surface area (Å²) in [5, 5.41) is 3.72. The molecular weight excluding hydrogens is 286 g/mol. The average molecular weight is 310 g/mol. The molecule has 1 nitrogen and oxygen atoms in total. The Hall–Kier alpha value is -0.340. The molecule has 0 aromatic heterocycles. The summed E-state index contributed by atoms with van der Waals surface area (Å²) in [6, 6.07) is 9.40. The molecule has 18 heavy (non-hydrogen) atoms. The molecule has 1 aromatic carbocycles. The lowest BCUT2D eigenvalue weighted by Gasteiger charge is -2.35. The van der Waals surface area contributed by atoms with Gasteiger partial charge in [0.1, 0.15) is 0 Å². The van der Waals surface area contributed by atoms with Crippen molar-refractivity contribution < 1.29 is 0 Å². The average Bonchev–Trinajstić information content (AvgIpc) is 2.80. The number of nitrogens with one attached hydrogen (secondary N) is 1. The van der Waals surface area contributed by atoms with Crippen LogP contribution in [0, 0.1) is 5.41 Å². The number of hydrogen-bond acceptors (Lipinski definition) is 1. The Labute approximate surface area is 119 Å². The fourth-order valence-electron chi connectivity index (χ4n) is 3.20. The van der Waals surface area contributed by atoms with Gasteiger partial charge >= 0.3 is 0 Å². The summed E-state index contributed by atoms with van der Waals surface area (Å²) in [6.45, 7) is 5.75. The van der Waals surface area contributed by atoms with E-state index in [1.54, 1.807) is 0 Å². The van der Waals surface area contributed by atoms with Crippen molar-refractivity contribution in [1.82, 2.24) is 5.32 Å². The summed E-state index contributed by atoms with van der Waals surface area (Å²) in [5.41, 5.74) is 1.93. The molecule has 1 saturated carbocycles. The molecule has 1 aliphatic rings. The number of likely N-dealkylation sites (N-methyl/N-ethyl adjacent to an activating group) is 1. The molecule has 1 N–H and O–H groups in total. The summed E-state index contributed by atoms with van der Waals surface area (Å²) in [5.74, 6) is 0. The van der Waals surface area contributed by atoms with Crippen molar-refractivity contribution in [2.24, 2.45) is 5.41 Å². The normalized spacial score (nSPS) is 19.9. The van der Waals surface area contributed by atoms with E-state index >= 15 is 0 Å². The quantitative estimate of drug-likeness (QED) is 0.841. The third-order valence-corrected chi connectivity index (χ3v) is 4.92. The van der Waals surface area contributed by atoms with Crippen molar-refractivity contribution in [1.29, 1.82) is 0 Å². The molecule has 0 heterocycles. The van der Waals surface area contributed by atoms with Crippen molar-refractivity contribution in [3.63, 3.8) is 0 Å². The van der Waals surface area contributed by atoms with Crippen LogP contribution in [0.3, 0.4) is 0 Å². The predicted molar refractivity (Wildman–Crippen MR) is 81.9 cm³/mol. The molecule has 1 aliphatic carbocycles. The smallest absolute Gasteiger partial charge is 0.0175 e. The third kappa shape index (κ3) is 3.36. The molecule has 0 amide bonds. The maximum absolute atomic E-state index is 3.72. The molecule has 0 radical (unpaired) electrons. The van der Waals surface area contributed by atoms with Crippen LogP contribution in [-0.2, 0) is 6.42 Å². The minimum atomic E-state index is 0.489. The molecule has 2 heteroatoms. The maximum atomic E-state index is 3.72. The van der Waals surface area contributed by atoms with E-state index < -0.39 is 0 Å². The van der Waals surface area contributed by atoms with E-state index in [-0.39, 0.29) is 0 Å². The van der Waals surface area contributed by atoms with Gasteiger partial charge in [-0.1, -0.05) is 54.8 Å². The first-order valence-corrected chi connectivity index (χ1v) is 7.91. The number of benzene rings is 1. The highest BCUT2D eigenvalue weighted by Gasteiger charge is 2.36. The first-order chi connectivity index (χ1) is 8.64. The molecule has 1 atom stereocenters. The van der Waals surface area contributed by atoms with Crippen molar-refractivity contribution in [2.45, 2.75) is 52.0 Å². The van der Waals surface area contributed by atoms with E-state index in [0.717, 1.165) is 13.0 Å². The van der Waals surface area contributed by atoms with E-state index in [9.17, 15) is 0 Å². The molecule has 0 bridgehead atoms. The van der Waals surface area contributed by atoms with Gasteiger partial charge in [0.15, 0.2) is 0 Å². The number of rotatable bonds is 5. The van der Waals surface area contributed by atoms with Gasteiger partial charge in [0.05, 0.1) is 0 Å². The molecule has 1 unspecified atom stereocenters. The fourth-order valence-corrected chi connectivity index (χ4v) is 3.46. The SMILES string of the molecule is CCNC(Cc1ccc(Br)cc1)C1(C)CCCC1. The van der Waals surface area contributed by atoms with Gasteiger partial charge in [-0.25, -0.2) is 0 Å². The van der Waals surface area contributed by atoms with Crippen molar-refractivity contribution in [3.05, 3.63) is 34.3 Å². The third-order valence-electron chi connectivity index (χ3n) is 4.39. The Morgan fingerprint density at radius 3 is 2.39 bits per heavy atom. The Bertz CT molecular complexity index is 365. The zero-order chi connectivity index (χ0) is 13.0. The molecule has 2 rings (SSSR count). The van der Waals surface area contributed by atoms with E-state index in [2.05, 4.69) is 59.4 Å². The van der Waals surface area contributed by atoms with Gasteiger partial charge in [-0.3, -0.25) is 0 Å². The van der Waals surface area contributed by atoms with E-state index in [1.165, 1.54) is 35.7 Å². The zero-order valence-electron chi connectivity index (χ0n) is 11.5. The maximum Gasteiger partial charge on any atom is 0.0175 e. The lowest BCUT2D eigenvalue weighted by molar-refractivity contribution is 0.222. The first kappa shape index (κ1) is 14.1. The van der Waals surface area contributed by atoms with Crippen LogP contribution in [0.25, 0.3) is 0 Å². The van der Waals surface area contributed by atoms with Crippen LogP contribution >= 0.6 is 15.9 Å². The van der Waals surface area contributed by atoms with Crippen molar-refractivity contribution >= 4 is 15.9 Å². The summed E-state index contributed by atoms with van der Waals surface area (Å²) < 4.78 is 1.17. The highest BCUT2D eigenvalue weighted by molar-refractivity contribution is 9.10. The van der Waals surface area contributed by atoms with Gasteiger partial charge < -0.3 is 5.32 Å². The number of hydrogen-bond donors (Lipinski definition) is 1. The van der Waals surface area contributed by atoms with Gasteiger partial charge in [-0.2, -0.15) is 0 Å². The molecule has 1 aromatic rings. The summed E-state index contributed by atoms with van der Waals surface area (Å²) in [7, 11) is 0. The highest BCUT2D eigenvalue weighted by atomic mass is 79.9. The lowest BCUT2D eigenvalue weighted by Crippen LogP contribution is -2.43. The topological polar surface area (TPSA) is 12.0 Å². The summed E-state index contributed by atoms with van der Waals surface area (Å²) >= 11 is 3.50. The first-order valence-electron chi connectivity index (χ1n) is 7.12. The summed E-state index contributed by atoms with van der Waals surface area (Å²) in [4.78, 5) is 0. The van der Waals surface area contributed by atoms with E-state index in [4.69, 9.17) is 0 Å². The van der Waals surface area contributed by atoms with Gasteiger partial charge in [0, 0.05) is 10.5 Å². The standard InChI is InChI=1S/C16H24BrN/c1-3-18-15(16(2)10-4-5-11-16)12-13-6-8-14(17)9-7-13/h6-9,15,18H,3-5,10-12H2,1-2H3. The van der Waals surface area contributed by atoms with Gasteiger partial charge in [-0.05, 0) is 48.9 Å². The van der Waals surface area contributed by atoms with Crippen LogP contribution in [0.15, 0.2) is 28.7 Å². The van der Waals surface area contributed by atoms with E-state index in [0.29, 0.717) is 11.5 Å². The fraction of sp³-hybridized carbons (Fsp3) is 0.625. The second-order valence-corrected chi connectivity index (χ2v) is 6.72. The molecule has 0 aliphatic heterocycles. The van der Waals surface area contributed by atoms with Crippen LogP contribution < -0.4 is 5.32 Å². The zero-order valence-corrected chi connectivity index (χ0v) is 13.1. The summed E-state index contributed by atoms with van der Waals surface area (Å²) in [6.07, 6.45) is 6.71. The van der Waals surface area contributed by atoms with Gasteiger partial charge in [-0.15, -0.1) is 0 Å². The van der Waals surface area contributed by atoms with Crippen LogP contribution in [0.1, 0.15) is 45.1 Å². The minimum absolute atomic E-state index is 0.489. The van der Waals surface area contributed by atoms with Crippen molar-refractivity contribution in [3.8, 4) is 0 Å². The van der Waals surface area contributed by atoms with Crippen LogP contribution in [0.5, 0.6) is 0 Å². The highest BCUT2D eigenvalue weighted by Crippen LogP contribution is 2.41. The largest absolute Gasteiger partial charge is 0.313 e. The monoisotopic (exact) mass is 309 g/mol. The molecule has 0 saturated heterocycles. The Morgan fingerprint density at radius 2 is 1.83 bits per heavy atom. The molecule has 0 spiro atoms. The van der Waals surface area contributed by atoms with Crippen LogP contribution in [0.2, 0.25) is 0 Å². The lowest BCUT2D eigenvalue weighted by atomic mass is 9.78. The molecular formula is C16H24BrN. The van der Waals surface area contributed by atoms with Gasteiger partial charge in [0.25, 0.3) is 0 Å². The predicted octanol–water partition coefficient (Wildman–Crippen LogP) is 4.55. The molecule has 100 valence electrons. The van der Waals surface area contributed by atoms with Crippen LogP contribution in [0.4, 0.5) is 0 Å². The second-order valence-electron chi connectivity index (χ2n) is 5.80. The number of halogens is 1.